The Kier molecular flexibility index (Phi) is 5.34. The highest BCUT2D eigenvalue weighted by atomic mass is 79.9. The number of carbonyl (C=O) groups excluding carboxylic acids is 1. The molecule has 0 fully saturated rings. The molecule has 3 heteroatoms. The number of carbonyl (C=O) groups is 1. The SMILES string of the molecule is CCOC(=O)C#CCBr. The Morgan fingerprint density at radius 3 is 2.89 bits per heavy atom. The third kappa shape index (κ3) is 5.38. The van der Waals surface area contributed by atoms with Crippen LogP contribution in [-0.2, 0) is 9.53 Å². The van der Waals surface area contributed by atoms with E-state index in [4.69, 9.17) is 0 Å². The van der Waals surface area contributed by atoms with Gasteiger partial charge < -0.3 is 4.74 Å². The Balaban J connectivity index is 3.49. The van der Waals surface area contributed by atoms with E-state index in [0.29, 0.717) is 11.9 Å². The third-order valence-corrected chi connectivity index (χ3v) is 0.813. The lowest BCUT2D eigenvalue weighted by Gasteiger charge is -1.89. The third-order valence-electron chi connectivity index (χ3n) is 0.533. The Morgan fingerprint density at radius 1 is 1.78 bits per heavy atom. The summed E-state index contributed by atoms with van der Waals surface area (Å²) in [4.78, 5) is 10.4. The van der Waals surface area contributed by atoms with Gasteiger partial charge in [-0.1, -0.05) is 21.9 Å². The van der Waals surface area contributed by atoms with Crippen LogP contribution in [0.2, 0.25) is 0 Å². The van der Waals surface area contributed by atoms with Gasteiger partial charge in [0.1, 0.15) is 0 Å². The molecular weight excluding hydrogens is 184 g/mol. The molecule has 0 aromatic rings. The minimum atomic E-state index is -0.461. The van der Waals surface area contributed by atoms with E-state index in [1.807, 2.05) is 0 Å². The number of rotatable bonds is 1. The maximum atomic E-state index is 10.4. The van der Waals surface area contributed by atoms with Crippen LogP contribution in [0.15, 0.2) is 0 Å². The summed E-state index contributed by atoms with van der Waals surface area (Å²) in [5, 5.41) is 0.506. The van der Waals surface area contributed by atoms with Gasteiger partial charge in [-0.25, -0.2) is 4.79 Å². The van der Waals surface area contributed by atoms with Gasteiger partial charge in [-0.15, -0.1) is 0 Å². The fourth-order valence-corrected chi connectivity index (χ4v) is 0.413. The smallest absolute Gasteiger partial charge is 0.384 e. The maximum absolute atomic E-state index is 10.4. The first-order chi connectivity index (χ1) is 4.31. The molecule has 0 atom stereocenters. The molecule has 0 aromatic carbocycles. The molecule has 0 unspecified atom stereocenters. The van der Waals surface area contributed by atoms with E-state index < -0.39 is 5.97 Å². The van der Waals surface area contributed by atoms with Gasteiger partial charge in [0.25, 0.3) is 0 Å². The molecule has 0 saturated heterocycles. The Morgan fingerprint density at radius 2 is 2.44 bits per heavy atom. The van der Waals surface area contributed by atoms with Gasteiger partial charge in [-0.3, -0.25) is 0 Å². The Hall–Kier alpha value is -0.490. The van der Waals surface area contributed by atoms with Crippen LogP contribution < -0.4 is 0 Å². The van der Waals surface area contributed by atoms with Gasteiger partial charge in [0.15, 0.2) is 0 Å². The topological polar surface area (TPSA) is 26.3 Å². The van der Waals surface area contributed by atoms with Crippen molar-refractivity contribution in [1.29, 1.82) is 0 Å². The van der Waals surface area contributed by atoms with Crippen LogP contribution in [-0.4, -0.2) is 17.9 Å². The van der Waals surface area contributed by atoms with Crippen LogP contribution in [0, 0.1) is 11.8 Å². The van der Waals surface area contributed by atoms with Crippen molar-refractivity contribution in [2.45, 2.75) is 6.92 Å². The largest absolute Gasteiger partial charge is 0.456 e. The number of alkyl halides is 1. The molecular formula is C6H7BrO2. The molecule has 9 heavy (non-hydrogen) atoms. The minimum absolute atomic E-state index is 0.385. The molecule has 0 aliphatic rings. The minimum Gasteiger partial charge on any atom is -0.456 e. The van der Waals surface area contributed by atoms with Gasteiger partial charge in [-0.2, -0.15) is 0 Å². The quantitative estimate of drug-likeness (QED) is 0.267. The zero-order chi connectivity index (χ0) is 7.11. The van der Waals surface area contributed by atoms with E-state index in [2.05, 4.69) is 32.5 Å². The van der Waals surface area contributed by atoms with Crippen LogP contribution in [0.3, 0.4) is 0 Å². The van der Waals surface area contributed by atoms with Gasteiger partial charge in [0.2, 0.25) is 0 Å². The lowest BCUT2D eigenvalue weighted by Crippen LogP contribution is -1.99. The summed E-state index contributed by atoms with van der Waals surface area (Å²) in [5.41, 5.74) is 0. The molecule has 0 aromatic heterocycles. The Bertz CT molecular complexity index is 143. The predicted octanol–water partition coefficient (Wildman–Crippen LogP) is 0.948. The summed E-state index contributed by atoms with van der Waals surface area (Å²) in [6.07, 6.45) is 0. The summed E-state index contributed by atoms with van der Waals surface area (Å²) in [6.45, 7) is 2.13. The number of esters is 1. The first-order valence-corrected chi connectivity index (χ1v) is 3.65. The fraction of sp³-hybridized carbons (Fsp3) is 0.500. The molecule has 0 spiro atoms. The number of ether oxygens (including phenoxy) is 1. The van der Waals surface area contributed by atoms with Gasteiger partial charge >= 0.3 is 5.97 Å². The molecule has 50 valence electrons. The van der Waals surface area contributed by atoms with Gasteiger partial charge in [0.05, 0.1) is 11.9 Å². The second-order valence-corrected chi connectivity index (χ2v) is 1.72. The van der Waals surface area contributed by atoms with E-state index in [1.165, 1.54) is 0 Å². The zero-order valence-electron chi connectivity index (χ0n) is 5.11. The van der Waals surface area contributed by atoms with Crippen molar-refractivity contribution in [1.82, 2.24) is 0 Å². The summed E-state index contributed by atoms with van der Waals surface area (Å²) >= 11 is 3.05. The second kappa shape index (κ2) is 5.64. The molecule has 0 rings (SSSR count). The summed E-state index contributed by atoms with van der Waals surface area (Å²) < 4.78 is 4.51. The highest BCUT2D eigenvalue weighted by Crippen LogP contribution is 1.76. The fourth-order valence-electron chi connectivity index (χ4n) is 0.273. The van der Waals surface area contributed by atoms with Crippen molar-refractivity contribution in [2.75, 3.05) is 11.9 Å². The van der Waals surface area contributed by atoms with E-state index >= 15 is 0 Å². The first kappa shape index (κ1) is 8.51. The predicted molar refractivity (Wildman–Crippen MR) is 38.2 cm³/mol. The van der Waals surface area contributed by atoms with Crippen LogP contribution in [0.4, 0.5) is 0 Å². The molecule has 0 aliphatic carbocycles. The van der Waals surface area contributed by atoms with E-state index in [9.17, 15) is 4.79 Å². The molecule has 0 bridgehead atoms. The van der Waals surface area contributed by atoms with Gasteiger partial charge in [-0.05, 0) is 6.92 Å². The monoisotopic (exact) mass is 190 g/mol. The van der Waals surface area contributed by atoms with Crippen LogP contribution in [0.25, 0.3) is 0 Å². The highest BCUT2D eigenvalue weighted by Gasteiger charge is 1.89. The summed E-state index contributed by atoms with van der Waals surface area (Å²) in [6, 6.07) is 0. The second-order valence-electron chi connectivity index (χ2n) is 1.16. The van der Waals surface area contributed by atoms with Crippen LogP contribution >= 0.6 is 15.9 Å². The van der Waals surface area contributed by atoms with Crippen molar-refractivity contribution in [3.05, 3.63) is 0 Å². The van der Waals surface area contributed by atoms with E-state index in [-0.39, 0.29) is 0 Å². The standard InChI is InChI=1S/C6H7BrO2/c1-2-9-6(8)4-3-5-7/h2,5H2,1H3. The average Bonchev–Trinajstić information content (AvgIpc) is 1.85. The van der Waals surface area contributed by atoms with Crippen LogP contribution in [0.1, 0.15) is 6.92 Å². The van der Waals surface area contributed by atoms with Crippen molar-refractivity contribution in [3.8, 4) is 11.8 Å². The maximum Gasteiger partial charge on any atom is 0.384 e. The normalized spacial score (nSPS) is 7.33. The zero-order valence-corrected chi connectivity index (χ0v) is 6.69. The number of hydrogen-bond donors (Lipinski definition) is 0. The molecule has 0 saturated carbocycles. The molecule has 0 heterocycles. The lowest BCUT2D eigenvalue weighted by molar-refractivity contribution is -0.136. The number of hydrogen-bond acceptors (Lipinski definition) is 2. The molecule has 0 amide bonds. The van der Waals surface area contributed by atoms with Crippen molar-refractivity contribution in [2.24, 2.45) is 0 Å². The van der Waals surface area contributed by atoms with E-state index in [0.717, 1.165) is 0 Å². The summed E-state index contributed by atoms with van der Waals surface area (Å²) in [5.74, 6) is 4.34. The van der Waals surface area contributed by atoms with E-state index in [1.54, 1.807) is 6.92 Å². The molecule has 0 radical (unpaired) electrons. The summed E-state index contributed by atoms with van der Waals surface area (Å²) in [7, 11) is 0. The van der Waals surface area contributed by atoms with Crippen molar-refractivity contribution < 1.29 is 9.53 Å². The number of halogens is 1. The van der Waals surface area contributed by atoms with Crippen molar-refractivity contribution in [3.63, 3.8) is 0 Å². The molecule has 2 nitrogen and oxygen atoms in total. The average molecular weight is 191 g/mol. The first-order valence-electron chi connectivity index (χ1n) is 2.52. The lowest BCUT2D eigenvalue weighted by atomic mass is 10.6. The van der Waals surface area contributed by atoms with Gasteiger partial charge in [0, 0.05) is 5.92 Å². The molecule has 0 aliphatic heterocycles. The van der Waals surface area contributed by atoms with Crippen LogP contribution in [0.5, 0.6) is 0 Å². The Labute approximate surface area is 62.7 Å². The molecule has 0 N–H and O–H groups in total. The highest BCUT2D eigenvalue weighted by molar-refractivity contribution is 9.09. The van der Waals surface area contributed by atoms with Crippen molar-refractivity contribution >= 4 is 21.9 Å².